The van der Waals surface area contributed by atoms with E-state index in [0.717, 1.165) is 0 Å². The normalized spacial score (nSPS) is 10.2. The first-order chi connectivity index (χ1) is 8.91. The lowest BCUT2D eigenvalue weighted by Gasteiger charge is -1.92. The number of hydrogen-bond donors (Lipinski definition) is 3. The number of pyridine rings is 1. The highest BCUT2D eigenvalue weighted by molar-refractivity contribution is 7.85. The molecule has 0 saturated carbocycles. The Morgan fingerprint density at radius 2 is 1.68 bits per heavy atom. The molecule has 0 fully saturated rings. The number of hydrogen-bond acceptors (Lipinski definition) is 4. The fraction of sp³-hybridized carbons (Fsp3) is 0. The molecule has 0 saturated heterocycles. The van der Waals surface area contributed by atoms with Gasteiger partial charge in [0.1, 0.15) is 11.5 Å². The molecule has 19 heavy (non-hydrogen) atoms. The maximum absolute atomic E-state index is 10.4. The number of nitrogens with zero attached hydrogens (tertiary/aromatic N) is 1. The first-order valence-corrected chi connectivity index (χ1v) is 6.63. The summed E-state index contributed by atoms with van der Waals surface area (Å²) in [7, 11) is -4.00. The Balaban J connectivity index is 0.000000191. The van der Waals surface area contributed by atoms with Crippen molar-refractivity contribution in [3.05, 3.63) is 60.4 Å². The quantitative estimate of drug-likeness (QED) is 0.435. The van der Waals surface area contributed by atoms with Gasteiger partial charge in [0.15, 0.2) is 0 Å². The molecular weight excluding hydrogens is 266 g/mol. The van der Waals surface area contributed by atoms with Crippen LogP contribution < -0.4 is 5.73 Å². The Bertz CT molecular complexity index is 628. The Hall–Kier alpha value is -2.25. The van der Waals surface area contributed by atoms with Crippen molar-refractivity contribution in [1.82, 2.24) is 4.98 Å². The Morgan fingerprint density at radius 1 is 1.11 bits per heavy atom. The van der Waals surface area contributed by atoms with Gasteiger partial charge in [-0.15, -0.1) is 0 Å². The van der Waals surface area contributed by atoms with Crippen molar-refractivity contribution in [3.8, 4) is 0 Å². The number of benzene rings is 1. The minimum absolute atomic E-state index is 0.00981. The van der Waals surface area contributed by atoms with Gasteiger partial charge in [0.25, 0.3) is 10.1 Å². The highest BCUT2D eigenvalue weighted by Crippen LogP contribution is 2.05. The van der Waals surface area contributed by atoms with E-state index in [1.54, 1.807) is 42.6 Å². The van der Waals surface area contributed by atoms with Gasteiger partial charge in [-0.25, -0.2) is 0 Å². The zero-order valence-electron chi connectivity index (χ0n) is 9.89. The molecule has 1 aromatic carbocycles. The van der Waals surface area contributed by atoms with E-state index >= 15 is 0 Å². The van der Waals surface area contributed by atoms with Gasteiger partial charge in [0.05, 0.1) is 4.90 Å². The van der Waals surface area contributed by atoms with E-state index in [0.29, 0.717) is 5.69 Å². The van der Waals surface area contributed by atoms with Crippen LogP contribution in [0.4, 0.5) is 0 Å². The Labute approximate surface area is 111 Å². The SMILES string of the molecule is N=C(N)c1ccccn1.O=S(=O)(O)c1ccccc1. The van der Waals surface area contributed by atoms with Crippen LogP contribution in [0.1, 0.15) is 5.69 Å². The Kier molecular flexibility index (Phi) is 5.16. The van der Waals surface area contributed by atoms with E-state index in [1.807, 2.05) is 0 Å². The molecular formula is C12H13N3O3S. The summed E-state index contributed by atoms with van der Waals surface area (Å²) >= 11 is 0. The third-order valence-corrected chi connectivity index (χ3v) is 2.85. The van der Waals surface area contributed by atoms with Crippen molar-refractivity contribution in [3.63, 3.8) is 0 Å². The molecule has 4 N–H and O–H groups in total. The summed E-state index contributed by atoms with van der Waals surface area (Å²) in [6, 6.07) is 12.7. The van der Waals surface area contributed by atoms with Gasteiger partial charge in [0.2, 0.25) is 0 Å². The van der Waals surface area contributed by atoms with Gasteiger partial charge in [-0.3, -0.25) is 14.9 Å². The lowest BCUT2D eigenvalue weighted by Crippen LogP contribution is -2.12. The lowest BCUT2D eigenvalue weighted by molar-refractivity contribution is 0.483. The van der Waals surface area contributed by atoms with Gasteiger partial charge in [-0.2, -0.15) is 8.42 Å². The molecule has 1 heterocycles. The first kappa shape index (κ1) is 14.8. The van der Waals surface area contributed by atoms with Crippen molar-refractivity contribution in [2.45, 2.75) is 4.90 Å². The maximum atomic E-state index is 10.4. The summed E-state index contributed by atoms with van der Waals surface area (Å²) in [5.74, 6) is 0.00981. The summed E-state index contributed by atoms with van der Waals surface area (Å²) in [6.07, 6.45) is 1.61. The topological polar surface area (TPSA) is 117 Å². The molecule has 0 aliphatic rings. The highest BCUT2D eigenvalue weighted by atomic mass is 32.2. The summed E-state index contributed by atoms with van der Waals surface area (Å²) in [6.45, 7) is 0. The van der Waals surface area contributed by atoms with Crippen molar-refractivity contribution in [2.24, 2.45) is 5.73 Å². The fourth-order valence-electron chi connectivity index (χ4n) is 1.11. The van der Waals surface area contributed by atoms with Crippen molar-refractivity contribution in [1.29, 1.82) is 5.41 Å². The molecule has 2 aromatic rings. The predicted octanol–water partition coefficient (Wildman–Crippen LogP) is 1.30. The van der Waals surface area contributed by atoms with E-state index in [1.165, 1.54) is 12.1 Å². The van der Waals surface area contributed by atoms with E-state index in [9.17, 15) is 8.42 Å². The molecule has 2 rings (SSSR count). The van der Waals surface area contributed by atoms with E-state index in [2.05, 4.69) is 4.98 Å². The molecule has 0 unspecified atom stereocenters. The van der Waals surface area contributed by atoms with Crippen LogP contribution >= 0.6 is 0 Å². The zero-order valence-corrected chi connectivity index (χ0v) is 10.7. The number of rotatable bonds is 2. The molecule has 0 radical (unpaired) electrons. The van der Waals surface area contributed by atoms with E-state index in [-0.39, 0.29) is 10.7 Å². The third kappa shape index (κ3) is 5.28. The van der Waals surface area contributed by atoms with Gasteiger partial charge in [-0.05, 0) is 24.3 Å². The summed E-state index contributed by atoms with van der Waals surface area (Å²) in [5.41, 5.74) is 5.66. The van der Waals surface area contributed by atoms with Crippen molar-refractivity contribution in [2.75, 3.05) is 0 Å². The van der Waals surface area contributed by atoms with Crippen LogP contribution in [-0.2, 0) is 10.1 Å². The second-order valence-corrected chi connectivity index (χ2v) is 4.84. The van der Waals surface area contributed by atoms with E-state index in [4.69, 9.17) is 15.7 Å². The van der Waals surface area contributed by atoms with E-state index < -0.39 is 10.1 Å². The molecule has 100 valence electrons. The minimum Gasteiger partial charge on any atom is -0.382 e. The fourth-order valence-corrected chi connectivity index (χ4v) is 1.62. The third-order valence-electron chi connectivity index (χ3n) is 1.98. The van der Waals surface area contributed by atoms with Crippen LogP contribution in [0, 0.1) is 5.41 Å². The van der Waals surface area contributed by atoms with Crippen LogP contribution in [0.5, 0.6) is 0 Å². The largest absolute Gasteiger partial charge is 0.382 e. The average molecular weight is 279 g/mol. The van der Waals surface area contributed by atoms with Crippen LogP contribution in [0.25, 0.3) is 0 Å². The minimum atomic E-state index is -4.00. The molecule has 1 aromatic heterocycles. The van der Waals surface area contributed by atoms with Gasteiger partial charge in [-0.1, -0.05) is 24.3 Å². The molecule has 0 spiro atoms. The molecule has 0 bridgehead atoms. The number of aromatic nitrogens is 1. The molecule has 0 aliphatic carbocycles. The number of amidine groups is 1. The molecule has 0 atom stereocenters. The number of nitrogen functional groups attached to an aromatic ring is 1. The predicted molar refractivity (Wildman–Crippen MR) is 71.5 cm³/mol. The summed E-state index contributed by atoms with van der Waals surface area (Å²) < 4.78 is 29.2. The number of nitrogens with two attached hydrogens (primary N) is 1. The lowest BCUT2D eigenvalue weighted by atomic mass is 10.3. The Morgan fingerprint density at radius 3 is 2.00 bits per heavy atom. The van der Waals surface area contributed by atoms with Gasteiger partial charge >= 0.3 is 0 Å². The van der Waals surface area contributed by atoms with Crippen molar-refractivity contribution >= 4 is 16.0 Å². The molecule has 0 amide bonds. The standard InChI is InChI=1S/C6H7N3.C6H6O3S/c7-6(8)5-3-1-2-4-9-5;7-10(8,9)6-4-2-1-3-5-6/h1-4H,(H3,7,8);1-5H,(H,7,8,9). The second kappa shape index (κ2) is 6.62. The summed E-state index contributed by atoms with van der Waals surface area (Å²) in [4.78, 5) is 3.75. The molecule has 6 nitrogen and oxygen atoms in total. The van der Waals surface area contributed by atoms with Gasteiger partial charge < -0.3 is 5.73 Å². The maximum Gasteiger partial charge on any atom is 0.294 e. The highest BCUT2D eigenvalue weighted by Gasteiger charge is 2.05. The summed E-state index contributed by atoms with van der Waals surface area (Å²) in [5, 5.41) is 6.95. The van der Waals surface area contributed by atoms with Crippen LogP contribution in [0.2, 0.25) is 0 Å². The number of nitrogens with one attached hydrogen (secondary N) is 1. The van der Waals surface area contributed by atoms with Gasteiger partial charge in [0, 0.05) is 6.20 Å². The smallest absolute Gasteiger partial charge is 0.294 e. The van der Waals surface area contributed by atoms with Crippen LogP contribution in [-0.4, -0.2) is 23.8 Å². The average Bonchev–Trinajstić information content (AvgIpc) is 2.40. The van der Waals surface area contributed by atoms with Crippen molar-refractivity contribution < 1.29 is 13.0 Å². The van der Waals surface area contributed by atoms with Crippen LogP contribution in [0.15, 0.2) is 59.6 Å². The monoisotopic (exact) mass is 279 g/mol. The first-order valence-electron chi connectivity index (χ1n) is 5.19. The molecule has 0 aliphatic heterocycles. The van der Waals surface area contributed by atoms with Crippen LogP contribution in [0.3, 0.4) is 0 Å². The molecule has 7 heteroatoms. The zero-order chi connectivity index (χ0) is 14.3. The second-order valence-electron chi connectivity index (χ2n) is 3.42.